The summed E-state index contributed by atoms with van der Waals surface area (Å²) in [5.41, 5.74) is 3.81. The fraction of sp³-hybridized carbons (Fsp3) is 0.200. The van der Waals surface area contributed by atoms with E-state index in [1.165, 1.54) is 6.21 Å². The average Bonchev–Trinajstić information content (AvgIpc) is 3.08. The highest BCUT2D eigenvalue weighted by Gasteiger charge is 2.13. The van der Waals surface area contributed by atoms with Crippen molar-refractivity contribution in [2.45, 2.75) is 13.8 Å². The molecule has 0 spiro atoms. The molecule has 1 amide bonds. The number of fused-ring (bicyclic) bond motifs is 1. The minimum absolute atomic E-state index is 0.183. The Morgan fingerprint density at radius 1 is 1.11 bits per heavy atom. The molecule has 146 valence electrons. The molecule has 0 bridgehead atoms. The van der Waals surface area contributed by atoms with Gasteiger partial charge in [-0.1, -0.05) is 15.9 Å². The Balaban J connectivity index is 1.77. The zero-order chi connectivity index (χ0) is 20.1. The zero-order valence-electron chi connectivity index (χ0n) is 15.3. The van der Waals surface area contributed by atoms with E-state index in [1.807, 2.05) is 32.0 Å². The summed E-state index contributed by atoms with van der Waals surface area (Å²) < 4.78 is 18.4. The maximum Gasteiger partial charge on any atom is 0.307 e. The number of nitrogens with zero attached hydrogens (tertiary/aromatic N) is 1. The fourth-order valence-electron chi connectivity index (χ4n) is 2.54. The zero-order valence-corrected chi connectivity index (χ0v) is 18.5. The number of nitrogens with one attached hydrogen (secondary N) is 1. The summed E-state index contributed by atoms with van der Waals surface area (Å²) in [5, 5.41) is 4.86. The van der Waals surface area contributed by atoms with E-state index in [4.69, 9.17) is 13.9 Å². The Hall–Kier alpha value is -2.32. The molecule has 6 nitrogen and oxygen atoms in total. The molecule has 3 rings (SSSR count). The second-order valence-corrected chi connectivity index (χ2v) is 7.45. The van der Waals surface area contributed by atoms with Crippen molar-refractivity contribution >= 4 is 55.0 Å². The number of carbonyl (C=O) groups is 1. The number of hydrazone groups is 1. The molecular formula is C20H18Br2N2O4. The van der Waals surface area contributed by atoms with E-state index in [0.29, 0.717) is 35.9 Å². The largest absolute Gasteiger partial charge is 0.493 e. The van der Waals surface area contributed by atoms with Crippen LogP contribution < -0.4 is 14.9 Å². The van der Waals surface area contributed by atoms with Crippen LogP contribution >= 0.6 is 31.9 Å². The molecule has 0 radical (unpaired) electrons. The third-order valence-electron chi connectivity index (χ3n) is 3.74. The maximum atomic E-state index is 12.3. The highest BCUT2D eigenvalue weighted by molar-refractivity contribution is 9.10. The molecule has 0 aliphatic heterocycles. The van der Waals surface area contributed by atoms with Crippen LogP contribution in [-0.4, -0.2) is 25.3 Å². The summed E-state index contributed by atoms with van der Waals surface area (Å²) in [6, 6.07) is 10.8. The number of halogens is 2. The molecule has 0 saturated carbocycles. The Bertz CT molecular complexity index is 1030. The molecule has 3 aromatic rings. The van der Waals surface area contributed by atoms with Crippen molar-refractivity contribution < 1.29 is 18.7 Å². The standard InChI is InChI=1S/C20H18Br2N2O4/c1-3-26-17-10-18(27-4-2)15(22)8-13(17)11-23-24-20(25)19-9-12-7-14(21)5-6-16(12)28-19/h5-11H,3-4H2,1-2H3,(H,24,25)/b23-11+. The van der Waals surface area contributed by atoms with Gasteiger partial charge in [-0.05, 0) is 60.1 Å². The van der Waals surface area contributed by atoms with Crippen molar-refractivity contribution in [3.63, 3.8) is 0 Å². The predicted molar refractivity (Wildman–Crippen MR) is 115 cm³/mol. The van der Waals surface area contributed by atoms with Gasteiger partial charge in [-0.2, -0.15) is 5.10 Å². The molecule has 0 aliphatic carbocycles. The molecule has 2 aromatic carbocycles. The molecule has 1 aromatic heterocycles. The molecule has 0 atom stereocenters. The van der Waals surface area contributed by atoms with Crippen molar-refractivity contribution in [2.24, 2.45) is 5.10 Å². The number of furan rings is 1. The maximum absolute atomic E-state index is 12.3. The van der Waals surface area contributed by atoms with Gasteiger partial charge in [-0.3, -0.25) is 4.79 Å². The number of amides is 1. The van der Waals surface area contributed by atoms with Crippen molar-refractivity contribution in [1.29, 1.82) is 0 Å². The smallest absolute Gasteiger partial charge is 0.307 e. The van der Waals surface area contributed by atoms with Gasteiger partial charge in [-0.15, -0.1) is 0 Å². The molecule has 0 fully saturated rings. The molecule has 8 heteroatoms. The topological polar surface area (TPSA) is 73.1 Å². The predicted octanol–water partition coefficient (Wildman–Crippen LogP) is 5.52. The molecule has 0 aliphatic rings. The van der Waals surface area contributed by atoms with E-state index in [1.54, 1.807) is 18.2 Å². The van der Waals surface area contributed by atoms with Gasteiger partial charge in [0.2, 0.25) is 0 Å². The lowest BCUT2D eigenvalue weighted by Crippen LogP contribution is -2.16. The fourth-order valence-corrected chi connectivity index (χ4v) is 3.39. The van der Waals surface area contributed by atoms with Crippen molar-refractivity contribution in [1.82, 2.24) is 5.43 Å². The van der Waals surface area contributed by atoms with Crippen LogP contribution in [-0.2, 0) is 0 Å². The van der Waals surface area contributed by atoms with Crippen LogP contribution in [0.5, 0.6) is 11.5 Å². The van der Waals surface area contributed by atoms with Crippen LogP contribution in [0, 0.1) is 0 Å². The van der Waals surface area contributed by atoms with Crippen LogP contribution in [0.4, 0.5) is 0 Å². The number of hydrogen-bond donors (Lipinski definition) is 1. The van der Waals surface area contributed by atoms with Crippen LogP contribution in [0.25, 0.3) is 11.0 Å². The summed E-state index contributed by atoms with van der Waals surface area (Å²) in [7, 11) is 0. The minimum Gasteiger partial charge on any atom is -0.493 e. The summed E-state index contributed by atoms with van der Waals surface area (Å²) in [6.07, 6.45) is 1.52. The number of benzene rings is 2. The Morgan fingerprint density at radius 2 is 1.86 bits per heavy atom. The number of rotatable bonds is 7. The van der Waals surface area contributed by atoms with Gasteiger partial charge in [0.25, 0.3) is 0 Å². The highest BCUT2D eigenvalue weighted by atomic mass is 79.9. The number of carbonyl (C=O) groups excluding carboxylic acids is 1. The summed E-state index contributed by atoms with van der Waals surface area (Å²) in [4.78, 5) is 12.3. The molecule has 0 saturated heterocycles. The number of hydrogen-bond acceptors (Lipinski definition) is 5. The summed E-state index contributed by atoms with van der Waals surface area (Å²) in [5.74, 6) is 1.04. The van der Waals surface area contributed by atoms with Crippen LogP contribution in [0.3, 0.4) is 0 Å². The van der Waals surface area contributed by atoms with Gasteiger partial charge in [0.1, 0.15) is 17.1 Å². The lowest BCUT2D eigenvalue weighted by molar-refractivity contribution is 0.0929. The first-order valence-electron chi connectivity index (χ1n) is 8.63. The van der Waals surface area contributed by atoms with Crippen molar-refractivity contribution in [3.8, 4) is 11.5 Å². The SMILES string of the molecule is CCOc1cc(OCC)c(/C=N/NC(=O)c2cc3cc(Br)ccc3o2)cc1Br. The van der Waals surface area contributed by atoms with E-state index >= 15 is 0 Å². The molecular weight excluding hydrogens is 492 g/mol. The first-order valence-corrected chi connectivity index (χ1v) is 10.2. The van der Waals surface area contributed by atoms with Gasteiger partial charge in [0, 0.05) is 21.5 Å². The van der Waals surface area contributed by atoms with Gasteiger partial charge in [-0.25, -0.2) is 5.43 Å². The minimum atomic E-state index is -0.438. The Labute approximate surface area is 179 Å². The third kappa shape index (κ3) is 4.74. The van der Waals surface area contributed by atoms with Crippen LogP contribution in [0.2, 0.25) is 0 Å². The van der Waals surface area contributed by atoms with Crippen molar-refractivity contribution in [2.75, 3.05) is 13.2 Å². The van der Waals surface area contributed by atoms with E-state index < -0.39 is 5.91 Å². The highest BCUT2D eigenvalue weighted by Crippen LogP contribution is 2.32. The van der Waals surface area contributed by atoms with Gasteiger partial charge < -0.3 is 13.9 Å². The Morgan fingerprint density at radius 3 is 2.61 bits per heavy atom. The summed E-state index contributed by atoms with van der Waals surface area (Å²) >= 11 is 6.86. The van der Waals surface area contributed by atoms with E-state index in [-0.39, 0.29) is 5.76 Å². The first kappa shape index (κ1) is 20.4. The van der Waals surface area contributed by atoms with Crippen LogP contribution in [0.1, 0.15) is 30.0 Å². The van der Waals surface area contributed by atoms with E-state index in [0.717, 1.165) is 14.3 Å². The average molecular weight is 510 g/mol. The third-order valence-corrected chi connectivity index (χ3v) is 4.85. The van der Waals surface area contributed by atoms with Crippen molar-refractivity contribution in [3.05, 3.63) is 56.7 Å². The molecule has 0 unspecified atom stereocenters. The van der Waals surface area contributed by atoms with E-state index in [2.05, 4.69) is 42.4 Å². The monoisotopic (exact) mass is 508 g/mol. The van der Waals surface area contributed by atoms with Gasteiger partial charge in [0.05, 0.1) is 23.9 Å². The normalized spacial score (nSPS) is 11.1. The van der Waals surface area contributed by atoms with Gasteiger partial charge in [0.15, 0.2) is 5.76 Å². The van der Waals surface area contributed by atoms with Crippen LogP contribution in [0.15, 0.2) is 54.9 Å². The Kier molecular flexibility index (Phi) is 6.74. The van der Waals surface area contributed by atoms with E-state index in [9.17, 15) is 4.79 Å². The first-order chi connectivity index (χ1) is 13.5. The molecule has 1 heterocycles. The number of ether oxygens (including phenoxy) is 2. The molecule has 1 N–H and O–H groups in total. The molecule has 28 heavy (non-hydrogen) atoms. The summed E-state index contributed by atoms with van der Waals surface area (Å²) in [6.45, 7) is 4.84. The lowest BCUT2D eigenvalue weighted by atomic mass is 10.2. The second-order valence-electron chi connectivity index (χ2n) is 5.68. The second kappa shape index (κ2) is 9.25. The lowest BCUT2D eigenvalue weighted by Gasteiger charge is -2.12. The van der Waals surface area contributed by atoms with Gasteiger partial charge >= 0.3 is 5.91 Å². The quantitative estimate of drug-likeness (QED) is 0.336.